The Kier molecular flexibility index (Phi) is 7.54. The SMILES string of the molecule is CC1(C2OC(CO)C(O)C(O)C2O)C=CC(Cl)=C(Cc2ccc(OC3CC4(CCOCC4)C3)cc2)C1. The van der Waals surface area contributed by atoms with Gasteiger partial charge in [0, 0.05) is 23.7 Å². The lowest BCUT2D eigenvalue weighted by Gasteiger charge is -2.49. The summed E-state index contributed by atoms with van der Waals surface area (Å²) < 4.78 is 17.6. The largest absolute Gasteiger partial charge is 0.490 e. The molecule has 3 fully saturated rings. The van der Waals surface area contributed by atoms with E-state index in [1.165, 1.54) is 0 Å². The fraction of sp³-hybridized carbons (Fsp3) is 0.643. The molecule has 5 rings (SSSR count). The molecule has 6 unspecified atom stereocenters. The Labute approximate surface area is 217 Å². The van der Waals surface area contributed by atoms with Gasteiger partial charge in [-0.05, 0) is 73.3 Å². The highest BCUT2D eigenvalue weighted by Crippen LogP contribution is 2.50. The van der Waals surface area contributed by atoms with Gasteiger partial charge in [-0.2, -0.15) is 0 Å². The van der Waals surface area contributed by atoms with Crippen molar-refractivity contribution in [2.75, 3.05) is 19.8 Å². The maximum Gasteiger partial charge on any atom is 0.119 e. The standard InChI is InChI=1S/C28H37ClO7/c1-27(26-25(33)24(32)23(31)22(16-30)36-26)7-6-21(29)18(13-27)12-17-2-4-19(5-3-17)35-20-14-28(15-20)8-10-34-11-9-28/h2-7,20,22-26,30-33H,8-16H2,1H3. The van der Waals surface area contributed by atoms with E-state index in [1.54, 1.807) is 0 Å². The first kappa shape index (κ1) is 26.2. The highest BCUT2D eigenvalue weighted by molar-refractivity contribution is 6.31. The number of hydrogen-bond donors (Lipinski definition) is 4. The maximum atomic E-state index is 10.7. The Morgan fingerprint density at radius 1 is 1.03 bits per heavy atom. The predicted molar refractivity (Wildman–Crippen MR) is 135 cm³/mol. The fourth-order valence-electron chi connectivity index (χ4n) is 6.30. The van der Waals surface area contributed by atoms with Crippen LogP contribution in [0.5, 0.6) is 5.75 Å². The smallest absolute Gasteiger partial charge is 0.119 e. The van der Waals surface area contributed by atoms with E-state index in [0.29, 0.717) is 23.3 Å². The number of allylic oxidation sites excluding steroid dienone is 3. The van der Waals surface area contributed by atoms with Gasteiger partial charge in [-0.3, -0.25) is 0 Å². The number of aliphatic hydroxyl groups is 4. The molecule has 0 amide bonds. The van der Waals surface area contributed by atoms with Gasteiger partial charge >= 0.3 is 0 Å². The molecular formula is C28H37ClO7. The van der Waals surface area contributed by atoms with Crippen molar-refractivity contribution in [2.45, 2.75) is 82.1 Å². The van der Waals surface area contributed by atoms with E-state index < -0.39 is 42.5 Å². The van der Waals surface area contributed by atoms with Crippen LogP contribution in [0.1, 0.15) is 44.6 Å². The zero-order valence-electron chi connectivity index (χ0n) is 20.7. The summed E-state index contributed by atoms with van der Waals surface area (Å²) in [5.41, 5.74) is 1.84. The van der Waals surface area contributed by atoms with Crippen molar-refractivity contribution in [1.82, 2.24) is 0 Å². The Hall–Kier alpha value is -1.45. The lowest BCUT2D eigenvalue weighted by Crippen LogP contribution is -2.62. The average molecular weight is 521 g/mol. The third kappa shape index (κ3) is 5.12. The third-order valence-corrected chi connectivity index (χ3v) is 9.00. The van der Waals surface area contributed by atoms with Gasteiger partial charge in [0.25, 0.3) is 0 Å². The van der Waals surface area contributed by atoms with Crippen LogP contribution in [0.3, 0.4) is 0 Å². The molecule has 36 heavy (non-hydrogen) atoms. The van der Waals surface area contributed by atoms with Gasteiger partial charge in [-0.15, -0.1) is 0 Å². The zero-order chi connectivity index (χ0) is 25.5. The summed E-state index contributed by atoms with van der Waals surface area (Å²) in [4.78, 5) is 0. The zero-order valence-corrected chi connectivity index (χ0v) is 21.4. The van der Waals surface area contributed by atoms with Crippen molar-refractivity contribution in [3.8, 4) is 5.75 Å². The van der Waals surface area contributed by atoms with Crippen LogP contribution >= 0.6 is 11.6 Å². The number of halogens is 1. The summed E-state index contributed by atoms with van der Waals surface area (Å²) in [6.45, 7) is 3.21. The van der Waals surface area contributed by atoms with Crippen molar-refractivity contribution >= 4 is 11.6 Å². The molecule has 6 atom stereocenters. The molecule has 2 saturated heterocycles. The second kappa shape index (κ2) is 10.4. The molecule has 4 aliphatic rings. The van der Waals surface area contributed by atoms with Crippen LogP contribution in [-0.2, 0) is 15.9 Å². The summed E-state index contributed by atoms with van der Waals surface area (Å²) in [5.74, 6) is 0.875. The number of ether oxygens (including phenoxy) is 3. The molecule has 1 saturated carbocycles. The molecule has 8 heteroatoms. The second-order valence-electron chi connectivity index (χ2n) is 11.3. The van der Waals surface area contributed by atoms with Gasteiger partial charge in [-0.1, -0.05) is 36.7 Å². The summed E-state index contributed by atoms with van der Waals surface area (Å²) >= 11 is 6.57. The van der Waals surface area contributed by atoms with Gasteiger partial charge in [0.15, 0.2) is 0 Å². The second-order valence-corrected chi connectivity index (χ2v) is 11.7. The maximum absolute atomic E-state index is 10.7. The van der Waals surface area contributed by atoms with E-state index in [9.17, 15) is 20.4 Å². The van der Waals surface area contributed by atoms with Gasteiger partial charge in [0.1, 0.15) is 30.2 Å². The lowest BCUT2D eigenvalue weighted by molar-refractivity contribution is -0.249. The Balaban J connectivity index is 1.21. The van der Waals surface area contributed by atoms with Crippen LogP contribution in [-0.4, -0.2) is 76.9 Å². The number of hydrogen-bond acceptors (Lipinski definition) is 7. The average Bonchev–Trinajstić information content (AvgIpc) is 2.86. The monoisotopic (exact) mass is 520 g/mol. The minimum absolute atomic E-state index is 0.272. The number of rotatable bonds is 6. The van der Waals surface area contributed by atoms with Crippen LogP contribution in [0.2, 0.25) is 0 Å². The molecule has 198 valence electrons. The Morgan fingerprint density at radius 3 is 2.39 bits per heavy atom. The van der Waals surface area contributed by atoms with E-state index >= 15 is 0 Å². The highest BCUT2D eigenvalue weighted by Gasteiger charge is 2.51. The van der Waals surface area contributed by atoms with Crippen LogP contribution < -0.4 is 4.74 Å². The molecule has 1 aromatic carbocycles. The van der Waals surface area contributed by atoms with Crippen molar-refractivity contribution in [3.63, 3.8) is 0 Å². The van der Waals surface area contributed by atoms with E-state index in [0.717, 1.165) is 55.8 Å². The molecule has 0 aromatic heterocycles. The van der Waals surface area contributed by atoms with Crippen molar-refractivity contribution in [1.29, 1.82) is 0 Å². The van der Waals surface area contributed by atoms with Crippen LogP contribution in [0.15, 0.2) is 47.0 Å². The van der Waals surface area contributed by atoms with E-state index in [4.69, 9.17) is 25.8 Å². The normalized spacial score (nSPS) is 36.7. The van der Waals surface area contributed by atoms with Crippen molar-refractivity contribution in [3.05, 3.63) is 52.6 Å². The van der Waals surface area contributed by atoms with Gasteiger partial charge < -0.3 is 34.6 Å². The van der Waals surface area contributed by atoms with Gasteiger partial charge in [0.2, 0.25) is 0 Å². The van der Waals surface area contributed by atoms with E-state index in [-0.39, 0.29) is 6.10 Å². The van der Waals surface area contributed by atoms with Crippen molar-refractivity contribution in [2.24, 2.45) is 10.8 Å². The molecule has 2 aliphatic carbocycles. The first-order valence-electron chi connectivity index (χ1n) is 12.9. The topological polar surface area (TPSA) is 109 Å². The lowest BCUT2D eigenvalue weighted by atomic mass is 9.62. The van der Waals surface area contributed by atoms with E-state index in [1.807, 2.05) is 31.2 Å². The van der Waals surface area contributed by atoms with Crippen LogP contribution in [0.25, 0.3) is 0 Å². The van der Waals surface area contributed by atoms with E-state index in [2.05, 4.69) is 12.1 Å². The molecule has 7 nitrogen and oxygen atoms in total. The fourth-order valence-corrected chi connectivity index (χ4v) is 6.50. The summed E-state index contributed by atoms with van der Waals surface area (Å²) in [5, 5.41) is 41.3. The predicted octanol–water partition coefficient (Wildman–Crippen LogP) is 2.87. The molecule has 0 bridgehead atoms. The molecule has 4 N–H and O–H groups in total. The highest BCUT2D eigenvalue weighted by atomic mass is 35.5. The molecule has 2 aliphatic heterocycles. The molecule has 0 radical (unpaired) electrons. The molecule has 1 aromatic rings. The Morgan fingerprint density at radius 2 is 1.72 bits per heavy atom. The summed E-state index contributed by atoms with van der Waals surface area (Å²) in [7, 11) is 0. The van der Waals surface area contributed by atoms with Crippen molar-refractivity contribution < 1.29 is 34.6 Å². The number of aliphatic hydroxyl groups excluding tert-OH is 4. The third-order valence-electron chi connectivity index (χ3n) is 8.60. The van der Waals surface area contributed by atoms with Gasteiger partial charge in [-0.25, -0.2) is 0 Å². The Bertz CT molecular complexity index is 976. The number of benzene rings is 1. The van der Waals surface area contributed by atoms with Crippen LogP contribution in [0, 0.1) is 10.8 Å². The summed E-state index contributed by atoms with van der Waals surface area (Å²) in [6.07, 6.45) is 3.76. The molecule has 1 spiro atoms. The quantitative estimate of drug-likeness (QED) is 0.456. The summed E-state index contributed by atoms with van der Waals surface area (Å²) in [6, 6.07) is 8.13. The molecule has 2 heterocycles. The first-order chi connectivity index (χ1) is 17.2. The van der Waals surface area contributed by atoms with Crippen LogP contribution in [0.4, 0.5) is 0 Å². The molecular weight excluding hydrogens is 484 g/mol. The minimum atomic E-state index is -1.40. The first-order valence-corrected chi connectivity index (χ1v) is 13.3. The minimum Gasteiger partial charge on any atom is -0.490 e. The van der Waals surface area contributed by atoms with Gasteiger partial charge in [0.05, 0.1) is 18.8 Å².